The molecule has 6 aromatic rings. The van der Waals surface area contributed by atoms with E-state index in [1.54, 1.807) is 54.6 Å². The van der Waals surface area contributed by atoms with Crippen LogP contribution >= 0.6 is 0 Å². The molecule has 9 heteroatoms. The zero-order valence-electron chi connectivity index (χ0n) is 32.3. The molecule has 0 aliphatic carbocycles. The van der Waals surface area contributed by atoms with Crippen molar-refractivity contribution in [1.29, 1.82) is 0 Å². The van der Waals surface area contributed by atoms with Crippen LogP contribution in [0.15, 0.2) is 115 Å². The van der Waals surface area contributed by atoms with Gasteiger partial charge in [-0.25, -0.2) is 9.80 Å². The lowest BCUT2D eigenvalue weighted by Gasteiger charge is -2.23. The van der Waals surface area contributed by atoms with E-state index in [-0.39, 0.29) is 31.3 Å². The van der Waals surface area contributed by atoms with Crippen molar-refractivity contribution in [3.05, 3.63) is 149 Å². The average molecular weight is 757 g/mol. The minimum atomic E-state index is -0.463. The highest BCUT2D eigenvalue weighted by atomic mass is 16.5. The highest BCUT2D eigenvalue weighted by molar-refractivity contribution is 6.36. The number of aryl methyl sites for hydroxylation is 2. The highest BCUT2D eigenvalue weighted by Crippen LogP contribution is 2.49. The standard InChI is InChI=1S/C48H40N2O7/c1-6-55-42-27-34(19-23-40(42)49-45(51)36-20-17-32(25-38(36)47(49)53)30-13-9-28(4)10-14-30)35-22-24-41(44(57-8-3)43(35)56-7-2)50-46(52)37-21-18-33(26-39(37)48(50)54)31-15-11-29(5)12-16-31/h9-27H,6-8H2,1-5H3. The number of rotatable bonds is 11. The summed E-state index contributed by atoms with van der Waals surface area (Å²) in [6.07, 6.45) is 0. The molecule has 4 amide bonds. The number of anilines is 2. The number of ether oxygens (including phenoxy) is 3. The third-order valence-corrected chi connectivity index (χ3v) is 10.3. The van der Waals surface area contributed by atoms with Gasteiger partial charge in [0.1, 0.15) is 5.75 Å². The van der Waals surface area contributed by atoms with Crippen LogP contribution in [0.25, 0.3) is 33.4 Å². The van der Waals surface area contributed by atoms with Crippen LogP contribution in [-0.4, -0.2) is 43.4 Å². The first-order valence-corrected chi connectivity index (χ1v) is 19.0. The highest BCUT2D eigenvalue weighted by Gasteiger charge is 2.41. The van der Waals surface area contributed by atoms with Crippen LogP contribution in [-0.2, 0) is 0 Å². The maximum Gasteiger partial charge on any atom is 0.266 e. The van der Waals surface area contributed by atoms with Crippen molar-refractivity contribution in [2.24, 2.45) is 0 Å². The lowest BCUT2D eigenvalue weighted by molar-refractivity contribution is 0.0909. The maximum atomic E-state index is 14.1. The predicted octanol–water partition coefficient (Wildman–Crippen LogP) is 10.1. The summed E-state index contributed by atoms with van der Waals surface area (Å²) in [5, 5.41) is 0. The number of imide groups is 2. The van der Waals surface area contributed by atoms with Gasteiger partial charge in [0.2, 0.25) is 0 Å². The molecule has 2 heterocycles. The van der Waals surface area contributed by atoms with Crippen molar-refractivity contribution in [2.75, 3.05) is 29.6 Å². The van der Waals surface area contributed by atoms with Crippen molar-refractivity contribution < 1.29 is 33.4 Å². The lowest BCUT2D eigenvalue weighted by Crippen LogP contribution is -2.30. The molecule has 284 valence electrons. The molecule has 0 N–H and O–H groups in total. The van der Waals surface area contributed by atoms with Crippen LogP contribution in [0.5, 0.6) is 17.2 Å². The second-order valence-electron chi connectivity index (χ2n) is 13.9. The molecule has 0 aromatic heterocycles. The van der Waals surface area contributed by atoms with Gasteiger partial charge in [-0.2, -0.15) is 0 Å². The first-order chi connectivity index (χ1) is 27.6. The van der Waals surface area contributed by atoms with Gasteiger partial charge >= 0.3 is 0 Å². The number of benzene rings is 6. The van der Waals surface area contributed by atoms with Gasteiger partial charge in [0.25, 0.3) is 23.6 Å². The molecule has 0 bridgehead atoms. The molecule has 8 rings (SSSR count). The Labute approximate surface area is 331 Å². The Morgan fingerprint density at radius 1 is 0.386 bits per heavy atom. The Morgan fingerprint density at radius 2 is 0.789 bits per heavy atom. The third kappa shape index (κ3) is 6.40. The molecule has 6 aromatic carbocycles. The normalized spacial score (nSPS) is 13.3. The largest absolute Gasteiger partial charge is 0.492 e. The van der Waals surface area contributed by atoms with Crippen LogP contribution in [0.3, 0.4) is 0 Å². The predicted molar refractivity (Wildman–Crippen MR) is 221 cm³/mol. The summed E-state index contributed by atoms with van der Waals surface area (Å²) < 4.78 is 18.5. The van der Waals surface area contributed by atoms with Crippen LogP contribution in [0, 0.1) is 13.8 Å². The number of nitrogens with zero attached hydrogens (tertiary/aromatic N) is 2. The fourth-order valence-corrected chi connectivity index (χ4v) is 7.44. The second kappa shape index (κ2) is 14.9. The molecule has 0 saturated carbocycles. The molecule has 0 radical (unpaired) electrons. The number of fused-ring (bicyclic) bond motifs is 2. The molecule has 0 atom stereocenters. The summed E-state index contributed by atoms with van der Waals surface area (Å²) in [4.78, 5) is 58.1. The number of amides is 4. The topological polar surface area (TPSA) is 102 Å². The number of carbonyl (C=O) groups is 4. The van der Waals surface area contributed by atoms with Crippen LogP contribution < -0.4 is 24.0 Å². The van der Waals surface area contributed by atoms with Gasteiger partial charge in [0.05, 0.1) is 53.4 Å². The van der Waals surface area contributed by atoms with Crippen LogP contribution in [0.1, 0.15) is 73.3 Å². The summed E-state index contributed by atoms with van der Waals surface area (Å²) in [5.41, 5.74) is 8.83. The zero-order chi connectivity index (χ0) is 40.0. The molecule has 57 heavy (non-hydrogen) atoms. The van der Waals surface area contributed by atoms with Crippen LogP contribution in [0.4, 0.5) is 11.4 Å². The smallest absolute Gasteiger partial charge is 0.266 e. The van der Waals surface area contributed by atoms with Crippen molar-refractivity contribution in [3.63, 3.8) is 0 Å². The van der Waals surface area contributed by atoms with Gasteiger partial charge in [-0.3, -0.25) is 19.2 Å². The Bertz CT molecular complexity index is 2610. The van der Waals surface area contributed by atoms with E-state index in [9.17, 15) is 19.2 Å². The Balaban J connectivity index is 1.16. The number of hydrogen-bond acceptors (Lipinski definition) is 7. The van der Waals surface area contributed by atoms with Gasteiger partial charge in [-0.1, -0.05) is 77.9 Å². The molecule has 0 fully saturated rings. The SMILES string of the molecule is CCOc1cc(-c2ccc(N3C(=O)c4ccc(-c5ccc(C)cc5)cc4C3=O)c(OCC)c2OCC)ccc1N1C(=O)c2ccc(-c3ccc(C)cc3)cc2C1=O. The lowest BCUT2D eigenvalue weighted by atomic mass is 9.99. The fourth-order valence-electron chi connectivity index (χ4n) is 7.44. The van der Waals surface area contributed by atoms with Crippen molar-refractivity contribution in [1.82, 2.24) is 0 Å². The molecule has 2 aliphatic heterocycles. The minimum Gasteiger partial charge on any atom is -0.492 e. The van der Waals surface area contributed by atoms with Gasteiger partial charge < -0.3 is 14.2 Å². The molecule has 2 aliphatic rings. The zero-order valence-corrected chi connectivity index (χ0v) is 32.3. The maximum absolute atomic E-state index is 14.1. The van der Waals surface area contributed by atoms with Gasteiger partial charge in [-0.15, -0.1) is 0 Å². The first-order valence-electron chi connectivity index (χ1n) is 19.0. The molecular weight excluding hydrogens is 717 g/mol. The van der Waals surface area contributed by atoms with E-state index in [1.807, 2.05) is 95.3 Å². The van der Waals surface area contributed by atoms with E-state index in [2.05, 4.69) is 0 Å². The van der Waals surface area contributed by atoms with E-state index in [0.717, 1.165) is 43.2 Å². The minimum absolute atomic E-state index is 0.228. The van der Waals surface area contributed by atoms with Crippen LogP contribution in [0.2, 0.25) is 0 Å². The van der Waals surface area contributed by atoms with Crippen molar-refractivity contribution in [3.8, 4) is 50.6 Å². The summed E-state index contributed by atoms with van der Waals surface area (Å²) in [6.45, 7) is 10.3. The van der Waals surface area contributed by atoms with E-state index in [0.29, 0.717) is 50.6 Å². The summed E-state index contributed by atoms with van der Waals surface area (Å²) in [6, 6.07) is 35.2. The Morgan fingerprint density at radius 3 is 1.30 bits per heavy atom. The van der Waals surface area contributed by atoms with E-state index >= 15 is 0 Å². The third-order valence-electron chi connectivity index (χ3n) is 10.3. The van der Waals surface area contributed by atoms with Crippen molar-refractivity contribution in [2.45, 2.75) is 34.6 Å². The van der Waals surface area contributed by atoms with Gasteiger partial charge in [-0.05, 0) is 111 Å². The first kappa shape index (κ1) is 36.9. The Hall–Kier alpha value is -7.00. The molecule has 0 saturated heterocycles. The van der Waals surface area contributed by atoms with Crippen molar-refractivity contribution >= 4 is 35.0 Å². The molecule has 0 unspecified atom stereocenters. The van der Waals surface area contributed by atoms with E-state index in [4.69, 9.17) is 14.2 Å². The summed E-state index contributed by atoms with van der Waals surface area (Å²) in [7, 11) is 0. The second-order valence-corrected chi connectivity index (χ2v) is 13.9. The van der Waals surface area contributed by atoms with Gasteiger partial charge in [0, 0.05) is 5.56 Å². The van der Waals surface area contributed by atoms with Gasteiger partial charge in [0.15, 0.2) is 11.5 Å². The van der Waals surface area contributed by atoms with E-state index in [1.165, 1.54) is 0 Å². The Kier molecular flexibility index (Phi) is 9.67. The summed E-state index contributed by atoms with van der Waals surface area (Å²) >= 11 is 0. The van der Waals surface area contributed by atoms with E-state index < -0.39 is 23.6 Å². The molecule has 0 spiro atoms. The number of carbonyl (C=O) groups excluding carboxylic acids is 4. The monoisotopic (exact) mass is 756 g/mol. The fraction of sp³-hybridized carbons (Fsp3) is 0.167. The molecule has 9 nitrogen and oxygen atoms in total. The molecular formula is C48H40N2O7. The quantitative estimate of drug-likeness (QED) is 0.121. The number of hydrogen-bond donors (Lipinski definition) is 0. The summed E-state index contributed by atoms with van der Waals surface area (Å²) in [5.74, 6) is -0.930. The average Bonchev–Trinajstić information content (AvgIpc) is 3.62.